The number of aliphatic hydroxyl groups is 2. The molecule has 0 radical (unpaired) electrons. The molecule has 3 N–H and O–H groups in total. The molecule has 0 bridgehead atoms. The van der Waals surface area contributed by atoms with E-state index in [4.69, 9.17) is 19.3 Å². The summed E-state index contributed by atoms with van der Waals surface area (Å²) in [6, 6.07) is 7.95. The number of rotatable bonds is 49. The van der Waals surface area contributed by atoms with Crippen molar-refractivity contribution >= 4 is 58.2 Å². The maximum absolute atomic E-state index is 11.2. The number of carbonyl (C=O) groups excluding carboxylic acids is 9. The summed E-state index contributed by atoms with van der Waals surface area (Å²) < 4.78 is 15.4. The van der Waals surface area contributed by atoms with Crippen LogP contribution in [0.3, 0.4) is 0 Å². The Hall–Kier alpha value is -5.06. The number of benzene rings is 1. The Bertz CT molecular complexity index is 2790. The lowest BCUT2D eigenvalue weighted by Gasteiger charge is -2.21. The Morgan fingerprint density at radius 3 is 1.08 bits per heavy atom. The van der Waals surface area contributed by atoms with Crippen LogP contribution in [0.1, 0.15) is 485 Å². The largest absolute Gasteiger partial charge is 0.486 e. The zero-order valence-electron chi connectivity index (χ0n) is 86.5. The molecule has 122 heavy (non-hydrogen) atoms. The maximum atomic E-state index is 11.2. The first-order valence-corrected chi connectivity index (χ1v) is 47.1. The average molecular weight is 1730 g/mol. The smallest absolute Gasteiger partial charge is 0.305 e. The van der Waals surface area contributed by atoms with E-state index < -0.39 is 18.2 Å². The van der Waals surface area contributed by atoms with Crippen molar-refractivity contribution in [3.63, 3.8) is 0 Å². The summed E-state index contributed by atoms with van der Waals surface area (Å²) in [4.78, 5) is 107. The van der Waals surface area contributed by atoms with Crippen molar-refractivity contribution in [2.45, 2.75) is 499 Å². The van der Waals surface area contributed by atoms with Gasteiger partial charge in [-0.1, -0.05) is 282 Å². The normalized spacial score (nSPS) is 12.2. The van der Waals surface area contributed by atoms with Crippen molar-refractivity contribution < 1.29 is 77.5 Å². The van der Waals surface area contributed by atoms with E-state index in [0.717, 1.165) is 109 Å². The molecule has 1 aromatic rings. The number of ether oxygens (including phenoxy) is 3. The summed E-state index contributed by atoms with van der Waals surface area (Å²) in [6.07, 6.45) is 39.3. The quantitative estimate of drug-likeness (QED) is 0.0311. The molecule has 2 unspecified atom stereocenters. The number of hydrogen-bond acceptors (Lipinski definition) is 15. The van der Waals surface area contributed by atoms with Crippen LogP contribution in [0.4, 0.5) is 0 Å². The van der Waals surface area contributed by atoms with Crippen molar-refractivity contribution in [1.82, 2.24) is 0 Å². The van der Waals surface area contributed by atoms with Gasteiger partial charge in [0.25, 0.3) is 0 Å². The van der Waals surface area contributed by atoms with E-state index in [-0.39, 0.29) is 83.6 Å². The number of aliphatic carboxylic acids is 1. The van der Waals surface area contributed by atoms with E-state index in [1.165, 1.54) is 122 Å². The summed E-state index contributed by atoms with van der Waals surface area (Å²) in [5.41, 5.74) is 4.68. The van der Waals surface area contributed by atoms with Gasteiger partial charge in [0, 0.05) is 58.0 Å². The van der Waals surface area contributed by atoms with Gasteiger partial charge in [-0.25, -0.2) is 0 Å². The molecule has 1 rings (SSSR count). The van der Waals surface area contributed by atoms with E-state index in [1.807, 2.05) is 31.2 Å². The number of ketones is 8. The van der Waals surface area contributed by atoms with Gasteiger partial charge in [-0.15, -0.1) is 0 Å². The molecular formula is C106H200O16. The van der Waals surface area contributed by atoms with Crippen molar-refractivity contribution in [2.24, 2.45) is 48.7 Å². The zero-order valence-corrected chi connectivity index (χ0v) is 86.5. The maximum Gasteiger partial charge on any atom is 0.305 e. The third-order valence-electron chi connectivity index (χ3n) is 18.3. The number of esters is 1. The highest BCUT2D eigenvalue weighted by molar-refractivity contribution is 5.82. The first kappa shape index (κ1) is 132. The molecule has 0 fully saturated rings. The third kappa shape index (κ3) is 144. The molecule has 0 aromatic heterocycles. The van der Waals surface area contributed by atoms with E-state index in [0.29, 0.717) is 82.1 Å². The van der Waals surface area contributed by atoms with Crippen LogP contribution < -0.4 is 4.74 Å². The summed E-state index contributed by atoms with van der Waals surface area (Å²) in [7, 11) is 0. The van der Waals surface area contributed by atoms with Crippen molar-refractivity contribution in [1.29, 1.82) is 0 Å². The Kier molecular flexibility index (Phi) is 82.5. The van der Waals surface area contributed by atoms with E-state index >= 15 is 0 Å². The number of carboxylic acid groups (broad SMARTS) is 1. The van der Waals surface area contributed by atoms with Gasteiger partial charge in [0.1, 0.15) is 53.7 Å². The summed E-state index contributed by atoms with van der Waals surface area (Å²) in [5, 5.41) is 27.4. The number of Topliss-reactive ketones (excluding diaryl/α,β-unsaturated/α-hetero) is 8. The molecule has 1 aromatic carbocycles. The van der Waals surface area contributed by atoms with Gasteiger partial charge < -0.3 is 43.9 Å². The summed E-state index contributed by atoms with van der Waals surface area (Å²) in [6.45, 7) is 74.7. The second-order valence-electron chi connectivity index (χ2n) is 45.1. The zero-order chi connectivity index (χ0) is 96.6. The Balaban J connectivity index is -0.000000200. The van der Waals surface area contributed by atoms with Crippen LogP contribution in [0.15, 0.2) is 36.4 Å². The average Bonchev–Trinajstić information content (AvgIpc) is 0.878. The van der Waals surface area contributed by atoms with E-state index in [2.05, 4.69) is 199 Å². The number of aliphatic hydroxyl groups excluding tert-OH is 2. The molecule has 0 aliphatic heterocycles. The fourth-order valence-corrected chi connectivity index (χ4v) is 11.5. The van der Waals surface area contributed by atoms with E-state index in [9.17, 15) is 58.2 Å². The highest BCUT2D eigenvalue weighted by Crippen LogP contribution is 2.29. The van der Waals surface area contributed by atoms with Crippen molar-refractivity contribution in [2.75, 3.05) is 26.4 Å². The van der Waals surface area contributed by atoms with Gasteiger partial charge in [-0.2, -0.15) is 0 Å². The molecule has 0 spiro atoms. The molecule has 0 heterocycles. The standard InChI is InChI=1S/C14H20O2.C13H26O2.C12H24O3.C12H24O.C12H22O.C11H20O3.C11H22O2.C11H22O.C10H20O/c1-11(15)10-16-13-7-5-6-12(8-13)9-14(2,3)4;1-5-15-12(14)10-8-6-7-9-11-13(2,3)4;1-9(13)8-11(15)10(14)6-5-7-12(2,3)4;2*1-11(13)9-7-5-6-8-10-12(2,3)4;1-11(2,3)8-4-5-9(12)6-7-10(13)14;1-10(12)9-13-8-6-5-7-11(2,3)4;1-10(12)8-6-5-7-9-11(2,3)4;1-9(11)7-5-6-8-10(2,3)4/h5-8H,9-10H2,1-4H3;5-11H2,1-4H3;10-11,14-15H,5-8H2,1-4H3;5-10H2,1-4H3;5,7H,6,8-10H2,1-4H3;4-8H2,1-3H3,(H,13,14);5-9H2,1-4H3;5-9H2,1-4H3;5-8H2,1-4H3/b;;;;7-5+;;;;. The third-order valence-corrected chi connectivity index (χ3v) is 18.3. The fraction of sp³-hybridized carbons (Fsp3) is 0.830. The number of hydrogen-bond donors (Lipinski definition) is 3. The first-order valence-electron chi connectivity index (χ1n) is 47.1. The van der Waals surface area contributed by atoms with Gasteiger partial charge in [0.2, 0.25) is 0 Å². The van der Waals surface area contributed by atoms with Gasteiger partial charge in [0.15, 0.2) is 11.6 Å². The van der Waals surface area contributed by atoms with Gasteiger partial charge >= 0.3 is 11.9 Å². The minimum atomic E-state index is -0.900. The van der Waals surface area contributed by atoms with E-state index in [1.54, 1.807) is 34.6 Å². The predicted octanol–water partition coefficient (Wildman–Crippen LogP) is 29.0. The first-order chi connectivity index (χ1) is 55.4. The molecule has 0 aliphatic rings. The van der Waals surface area contributed by atoms with Crippen LogP contribution >= 0.6 is 0 Å². The van der Waals surface area contributed by atoms with Gasteiger partial charge in [-0.3, -0.25) is 33.6 Å². The number of allylic oxidation sites excluding steroid dienone is 2. The fourth-order valence-electron chi connectivity index (χ4n) is 11.5. The Labute approximate surface area is 753 Å². The van der Waals surface area contributed by atoms with Gasteiger partial charge in [-0.05, 0) is 237 Å². The molecule has 16 heteroatoms. The molecule has 0 saturated carbocycles. The Morgan fingerprint density at radius 1 is 0.352 bits per heavy atom. The molecule has 2 atom stereocenters. The summed E-state index contributed by atoms with van der Waals surface area (Å²) in [5.74, 6) is 1.18. The molecule has 0 amide bonds. The molecule has 0 saturated heterocycles. The predicted molar refractivity (Wildman–Crippen MR) is 518 cm³/mol. The second kappa shape index (κ2) is 76.0. The molecular weight excluding hydrogens is 1530 g/mol. The molecule has 720 valence electrons. The number of unbranched alkanes of at least 4 members (excludes halogenated alkanes) is 11. The minimum Gasteiger partial charge on any atom is -0.486 e. The highest BCUT2D eigenvalue weighted by Gasteiger charge is 2.21. The van der Waals surface area contributed by atoms with Crippen LogP contribution in [0.5, 0.6) is 5.75 Å². The minimum absolute atomic E-state index is 0.0334. The highest BCUT2D eigenvalue weighted by atomic mass is 16.5. The van der Waals surface area contributed by atoms with Crippen LogP contribution in [0.25, 0.3) is 0 Å². The lowest BCUT2D eigenvalue weighted by atomic mass is 9.88. The van der Waals surface area contributed by atoms with Crippen LogP contribution in [0.2, 0.25) is 0 Å². The monoisotopic (exact) mass is 1730 g/mol. The number of carboxylic acids is 1. The lowest BCUT2D eigenvalue weighted by molar-refractivity contribution is -0.143. The second-order valence-corrected chi connectivity index (χ2v) is 45.1. The number of carbonyl (C=O) groups is 10. The summed E-state index contributed by atoms with van der Waals surface area (Å²) >= 11 is 0. The van der Waals surface area contributed by atoms with Crippen LogP contribution in [-0.2, 0) is 63.8 Å². The topological polar surface area (TPSA) is 259 Å². The molecule has 16 nitrogen and oxygen atoms in total. The van der Waals surface area contributed by atoms with Crippen LogP contribution in [-0.4, -0.2) is 112 Å². The van der Waals surface area contributed by atoms with Gasteiger partial charge in [0.05, 0.1) is 25.2 Å². The lowest BCUT2D eigenvalue weighted by Crippen LogP contribution is -2.28. The van der Waals surface area contributed by atoms with Crippen LogP contribution in [0, 0.1) is 48.7 Å². The Morgan fingerprint density at radius 2 is 0.713 bits per heavy atom. The van der Waals surface area contributed by atoms with Crippen molar-refractivity contribution in [3.8, 4) is 5.75 Å². The SMILES string of the molecule is CC(=O)C/C=C/CCCC(C)(C)C.CC(=O)CC(O)C(O)CCCC(C)(C)C.CC(=O)CCCCC(C)(C)C.CC(=O)CCCCCC(C)(C)C.CC(=O)CCCCCCC(C)(C)C.CC(=O)COCCCCC(C)(C)C.CC(=O)COc1cccc(CC(C)(C)C)c1.CC(C)(C)CCCC(=O)CCC(=O)O.CCOC(=O)CCCCCCC(C)(C)C. The van der Waals surface area contributed by atoms with Crippen molar-refractivity contribution in [3.05, 3.63) is 42.0 Å². The molecule has 0 aliphatic carbocycles.